The molecule has 0 aliphatic heterocycles. The Kier molecular flexibility index (Phi) is 5.35. The van der Waals surface area contributed by atoms with Gasteiger partial charge in [-0.15, -0.1) is 0 Å². The maximum atomic E-state index is 12.5. The van der Waals surface area contributed by atoms with Crippen LogP contribution in [-0.4, -0.2) is 27.3 Å². The van der Waals surface area contributed by atoms with E-state index in [4.69, 9.17) is 4.74 Å². The minimum atomic E-state index is -0.640. The Balaban J connectivity index is 1.73. The summed E-state index contributed by atoms with van der Waals surface area (Å²) in [6.45, 7) is 3.19. The van der Waals surface area contributed by atoms with E-state index in [0.717, 1.165) is 31.2 Å². The van der Waals surface area contributed by atoms with Crippen molar-refractivity contribution >= 4 is 17.5 Å². The number of hydrogen-bond acceptors (Lipinski definition) is 5. The van der Waals surface area contributed by atoms with E-state index in [-0.39, 0.29) is 24.0 Å². The van der Waals surface area contributed by atoms with Crippen LogP contribution in [0.3, 0.4) is 0 Å². The molecule has 2 heterocycles. The largest absolute Gasteiger partial charge is 0.458 e. The van der Waals surface area contributed by atoms with Crippen LogP contribution < -0.4 is 10.9 Å². The number of fused-ring (bicyclic) bond motifs is 1. The molecule has 1 saturated carbocycles. The van der Waals surface area contributed by atoms with Gasteiger partial charge in [0.2, 0.25) is 5.91 Å². The number of pyridine rings is 1. The summed E-state index contributed by atoms with van der Waals surface area (Å²) in [5.41, 5.74) is 1.62. The van der Waals surface area contributed by atoms with Crippen molar-refractivity contribution in [2.75, 3.05) is 0 Å². The maximum Gasteiger partial charge on any atom is 0.329 e. The molecule has 0 radical (unpaired) electrons. The summed E-state index contributed by atoms with van der Waals surface area (Å²) in [5, 5.41) is 2.71. The third kappa shape index (κ3) is 4.09. The van der Waals surface area contributed by atoms with Gasteiger partial charge in [0.1, 0.15) is 18.3 Å². The van der Waals surface area contributed by atoms with Gasteiger partial charge in [0.05, 0.1) is 5.69 Å². The zero-order chi connectivity index (χ0) is 18.7. The van der Waals surface area contributed by atoms with Crippen molar-refractivity contribution in [1.82, 2.24) is 14.7 Å². The molecule has 1 aliphatic carbocycles. The van der Waals surface area contributed by atoms with Gasteiger partial charge in [-0.2, -0.15) is 0 Å². The second kappa shape index (κ2) is 7.68. The lowest BCUT2D eigenvalue weighted by Crippen LogP contribution is -2.45. The van der Waals surface area contributed by atoms with Gasteiger partial charge in [-0.1, -0.05) is 18.9 Å². The number of nitrogens with one attached hydrogen (secondary N) is 1. The molecule has 1 N–H and O–H groups in total. The standard InChI is InChI=1S/C19H23N3O4/c1-12-7-8-16-21-15(9-17(24)22(16)10-12)11-26-19(25)18(20-13(2)23)14-5-3-4-6-14/h7-10,14,18H,3-6,11H2,1-2H3,(H,20,23)/t18-/m0/s1. The molecule has 1 amide bonds. The van der Waals surface area contributed by atoms with Crippen molar-refractivity contribution in [2.24, 2.45) is 5.92 Å². The second-order valence-electron chi connectivity index (χ2n) is 6.85. The highest BCUT2D eigenvalue weighted by Gasteiger charge is 2.32. The van der Waals surface area contributed by atoms with E-state index >= 15 is 0 Å². The number of ether oxygens (including phenoxy) is 1. The Bertz CT molecular complexity index is 884. The first-order valence-corrected chi connectivity index (χ1v) is 8.87. The molecule has 7 nitrogen and oxygen atoms in total. The monoisotopic (exact) mass is 357 g/mol. The van der Waals surface area contributed by atoms with Crippen LogP contribution in [-0.2, 0) is 20.9 Å². The molecule has 1 atom stereocenters. The highest BCUT2D eigenvalue weighted by molar-refractivity contribution is 5.83. The molecular weight excluding hydrogens is 334 g/mol. The van der Waals surface area contributed by atoms with E-state index in [0.29, 0.717) is 11.3 Å². The zero-order valence-corrected chi connectivity index (χ0v) is 15.0. The van der Waals surface area contributed by atoms with Crippen LogP contribution in [0.25, 0.3) is 5.65 Å². The molecular formula is C19H23N3O4. The highest BCUT2D eigenvalue weighted by atomic mass is 16.5. The SMILES string of the molecule is CC(=O)N[C@H](C(=O)OCc1cc(=O)n2cc(C)ccc2n1)C1CCCC1. The third-order valence-electron chi connectivity index (χ3n) is 4.71. The molecule has 1 fully saturated rings. The lowest BCUT2D eigenvalue weighted by Gasteiger charge is -2.22. The summed E-state index contributed by atoms with van der Waals surface area (Å²) >= 11 is 0. The number of esters is 1. The third-order valence-corrected chi connectivity index (χ3v) is 4.71. The van der Waals surface area contributed by atoms with Gasteiger partial charge >= 0.3 is 5.97 Å². The Labute approximate surface area is 151 Å². The fourth-order valence-electron chi connectivity index (χ4n) is 3.45. The predicted octanol–water partition coefficient (Wildman–Crippen LogP) is 1.74. The quantitative estimate of drug-likeness (QED) is 0.823. The number of aryl methyl sites for hydroxylation is 1. The minimum absolute atomic E-state index is 0.0960. The topological polar surface area (TPSA) is 89.8 Å². The van der Waals surface area contributed by atoms with Gasteiger partial charge in [-0.25, -0.2) is 9.78 Å². The molecule has 3 rings (SSSR count). The summed E-state index contributed by atoms with van der Waals surface area (Å²) in [4.78, 5) is 40.5. The van der Waals surface area contributed by atoms with Gasteiger partial charge in [0.15, 0.2) is 0 Å². The molecule has 0 aromatic carbocycles. The van der Waals surface area contributed by atoms with Gasteiger partial charge < -0.3 is 10.1 Å². The molecule has 26 heavy (non-hydrogen) atoms. The summed E-state index contributed by atoms with van der Waals surface area (Å²) < 4.78 is 6.82. The van der Waals surface area contributed by atoms with Crippen LogP contribution in [0.1, 0.15) is 43.9 Å². The van der Waals surface area contributed by atoms with E-state index in [1.54, 1.807) is 12.3 Å². The molecule has 1 aliphatic rings. The number of aromatic nitrogens is 2. The van der Waals surface area contributed by atoms with E-state index in [1.165, 1.54) is 17.4 Å². The average Bonchev–Trinajstić information content (AvgIpc) is 3.12. The smallest absolute Gasteiger partial charge is 0.329 e. The van der Waals surface area contributed by atoms with Crippen LogP contribution in [0.5, 0.6) is 0 Å². The second-order valence-corrected chi connectivity index (χ2v) is 6.85. The summed E-state index contributed by atoms with van der Waals surface area (Å²) in [5.74, 6) is -0.626. The fourth-order valence-corrected chi connectivity index (χ4v) is 3.45. The van der Waals surface area contributed by atoms with Crippen LogP contribution in [0.4, 0.5) is 0 Å². The Morgan fingerprint density at radius 3 is 2.77 bits per heavy atom. The van der Waals surface area contributed by atoms with E-state index in [2.05, 4.69) is 10.3 Å². The lowest BCUT2D eigenvalue weighted by atomic mass is 9.98. The highest BCUT2D eigenvalue weighted by Crippen LogP contribution is 2.28. The first kappa shape index (κ1) is 18.1. The predicted molar refractivity (Wildman–Crippen MR) is 95.6 cm³/mol. The Hall–Kier alpha value is -2.70. The number of hydrogen-bond donors (Lipinski definition) is 1. The van der Waals surface area contributed by atoms with Crippen LogP contribution >= 0.6 is 0 Å². The lowest BCUT2D eigenvalue weighted by molar-refractivity contribution is -0.150. The van der Waals surface area contributed by atoms with Crippen LogP contribution in [0.15, 0.2) is 29.2 Å². The van der Waals surface area contributed by atoms with Gasteiger partial charge in [0, 0.05) is 19.2 Å². The van der Waals surface area contributed by atoms with Crippen molar-refractivity contribution in [3.8, 4) is 0 Å². The van der Waals surface area contributed by atoms with E-state index in [1.807, 2.05) is 13.0 Å². The normalized spacial score (nSPS) is 15.8. The molecule has 7 heteroatoms. The number of nitrogens with zero attached hydrogens (tertiary/aromatic N) is 2. The summed E-state index contributed by atoms with van der Waals surface area (Å²) in [7, 11) is 0. The first-order chi connectivity index (χ1) is 12.4. The Morgan fingerprint density at radius 1 is 1.35 bits per heavy atom. The number of rotatable bonds is 5. The molecule has 0 bridgehead atoms. The Morgan fingerprint density at radius 2 is 2.08 bits per heavy atom. The first-order valence-electron chi connectivity index (χ1n) is 8.87. The summed E-state index contributed by atoms with van der Waals surface area (Å²) in [6.07, 6.45) is 5.62. The van der Waals surface area contributed by atoms with Gasteiger partial charge in [-0.05, 0) is 37.3 Å². The number of carbonyl (C=O) groups excluding carboxylic acids is 2. The fraction of sp³-hybridized carbons (Fsp3) is 0.474. The van der Waals surface area contributed by atoms with Crippen molar-refractivity contribution in [1.29, 1.82) is 0 Å². The molecule has 0 spiro atoms. The molecule has 138 valence electrons. The summed E-state index contributed by atoms with van der Waals surface area (Å²) in [6, 6.07) is 4.34. The van der Waals surface area contributed by atoms with Crippen LogP contribution in [0.2, 0.25) is 0 Å². The van der Waals surface area contributed by atoms with Gasteiger partial charge in [0.25, 0.3) is 5.56 Å². The van der Waals surface area contributed by atoms with Gasteiger partial charge in [-0.3, -0.25) is 14.0 Å². The molecule has 0 unspecified atom stereocenters. The average molecular weight is 357 g/mol. The molecule has 0 saturated heterocycles. The van der Waals surface area contributed by atoms with Crippen LogP contribution in [0, 0.1) is 12.8 Å². The van der Waals surface area contributed by atoms with E-state index in [9.17, 15) is 14.4 Å². The van der Waals surface area contributed by atoms with Crippen molar-refractivity contribution in [3.63, 3.8) is 0 Å². The number of amides is 1. The minimum Gasteiger partial charge on any atom is -0.458 e. The van der Waals surface area contributed by atoms with Crippen molar-refractivity contribution < 1.29 is 14.3 Å². The molecule has 2 aromatic rings. The van der Waals surface area contributed by atoms with E-state index < -0.39 is 12.0 Å². The maximum absolute atomic E-state index is 12.5. The number of carbonyl (C=O) groups is 2. The molecule has 2 aromatic heterocycles. The van der Waals surface area contributed by atoms with Crippen molar-refractivity contribution in [2.45, 2.75) is 52.2 Å². The van der Waals surface area contributed by atoms with Crippen molar-refractivity contribution in [3.05, 3.63) is 46.0 Å². The zero-order valence-electron chi connectivity index (χ0n) is 15.0.